The summed E-state index contributed by atoms with van der Waals surface area (Å²) >= 11 is 0. The van der Waals surface area contributed by atoms with Crippen LogP contribution in [0.3, 0.4) is 0 Å². The summed E-state index contributed by atoms with van der Waals surface area (Å²) < 4.78 is 27.6. The molecular formula is C10H22ClN3O2S. The molecule has 0 unspecified atom stereocenters. The first-order chi connectivity index (χ1) is 7.60. The topological polar surface area (TPSA) is 52.7 Å². The smallest absolute Gasteiger partial charge is 0.281 e. The van der Waals surface area contributed by atoms with Crippen LogP contribution >= 0.6 is 12.4 Å². The molecule has 1 heterocycles. The molecule has 1 aliphatic heterocycles. The lowest BCUT2D eigenvalue weighted by molar-refractivity contribution is 0.364. The zero-order valence-corrected chi connectivity index (χ0v) is 11.9. The number of nitrogens with zero attached hydrogens (tertiary/aromatic N) is 2. The van der Waals surface area contributed by atoms with E-state index in [1.165, 1.54) is 17.1 Å². The van der Waals surface area contributed by atoms with Gasteiger partial charge in [-0.1, -0.05) is 0 Å². The van der Waals surface area contributed by atoms with Gasteiger partial charge in [0.25, 0.3) is 10.2 Å². The molecule has 7 heteroatoms. The second-order valence-electron chi connectivity index (χ2n) is 4.73. The molecule has 17 heavy (non-hydrogen) atoms. The van der Waals surface area contributed by atoms with Gasteiger partial charge in [-0.05, 0) is 31.7 Å². The highest BCUT2D eigenvalue weighted by Gasteiger charge is 2.32. The zero-order valence-electron chi connectivity index (χ0n) is 10.3. The predicted octanol–water partition coefficient (Wildman–Crippen LogP) is 0.290. The van der Waals surface area contributed by atoms with Gasteiger partial charge in [0.15, 0.2) is 0 Å². The minimum absolute atomic E-state index is 0. The van der Waals surface area contributed by atoms with Crippen molar-refractivity contribution >= 4 is 22.6 Å². The molecule has 0 spiro atoms. The molecule has 0 bridgehead atoms. The normalized spacial score (nSPS) is 23.2. The second-order valence-corrected chi connectivity index (χ2v) is 6.77. The van der Waals surface area contributed by atoms with Crippen LogP contribution in [0.15, 0.2) is 0 Å². The summed E-state index contributed by atoms with van der Waals surface area (Å²) in [6.07, 6.45) is 3.26. The van der Waals surface area contributed by atoms with E-state index in [2.05, 4.69) is 5.32 Å². The van der Waals surface area contributed by atoms with Gasteiger partial charge in [0.2, 0.25) is 0 Å². The van der Waals surface area contributed by atoms with Crippen molar-refractivity contribution in [3.05, 3.63) is 0 Å². The molecule has 0 atom stereocenters. The highest BCUT2D eigenvalue weighted by Crippen LogP contribution is 2.30. The number of rotatable bonds is 4. The first-order valence-electron chi connectivity index (χ1n) is 6.03. The van der Waals surface area contributed by atoms with Crippen molar-refractivity contribution in [3.63, 3.8) is 0 Å². The van der Waals surface area contributed by atoms with Crippen LogP contribution in [0, 0.1) is 5.92 Å². The maximum atomic E-state index is 12.2. The molecule has 102 valence electrons. The summed E-state index contributed by atoms with van der Waals surface area (Å²) in [4.78, 5) is 0. The third kappa shape index (κ3) is 4.06. The van der Waals surface area contributed by atoms with Crippen molar-refractivity contribution in [1.82, 2.24) is 13.9 Å². The fourth-order valence-corrected chi connectivity index (χ4v) is 3.48. The molecule has 0 aromatic carbocycles. The van der Waals surface area contributed by atoms with Gasteiger partial charge < -0.3 is 5.32 Å². The van der Waals surface area contributed by atoms with Crippen LogP contribution in [0.1, 0.15) is 19.3 Å². The Morgan fingerprint density at radius 1 is 1.29 bits per heavy atom. The first kappa shape index (κ1) is 15.2. The Hall–Kier alpha value is 0.120. The molecule has 1 aliphatic carbocycles. The number of halogens is 1. The quantitative estimate of drug-likeness (QED) is 0.807. The van der Waals surface area contributed by atoms with Gasteiger partial charge in [-0.25, -0.2) is 0 Å². The van der Waals surface area contributed by atoms with E-state index in [9.17, 15) is 8.42 Å². The lowest BCUT2D eigenvalue weighted by Gasteiger charge is -2.26. The van der Waals surface area contributed by atoms with E-state index in [-0.39, 0.29) is 12.4 Å². The zero-order chi connectivity index (χ0) is 11.6. The first-order valence-corrected chi connectivity index (χ1v) is 7.42. The van der Waals surface area contributed by atoms with Gasteiger partial charge in [0, 0.05) is 33.2 Å². The molecule has 0 radical (unpaired) electrons. The minimum Gasteiger partial charge on any atom is -0.315 e. The third-order valence-electron chi connectivity index (χ3n) is 3.23. The summed E-state index contributed by atoms with van der Waals surface area (Å²) in [5.41, 5.74) is 0. The lowest BCUT2D eigenvalue weighted by Crippen LogP contribution is -2.44. The van der Waals surface area contributed by atoms with E-state index in [4.69, 9.17) is 0 Å². The highest BCUT2D eigenvalue weighted by molar-refractivity contribution is 7.86. The standard InChI is InChI=1S/C10H21N3O2S.ClH/c1-12(9-10-3-4-10)16(14,15)13-7-2-5-11-6-8-13;/h10-11H,2-9H2,1H3;1H. The Morgan fingerprint density at radius 2 is 2.00 bits per heavy atom. The van der Waals surface area contributed by atoms with E-state index < -0.39 is 10.2 Å². The van der Waals surface area contributed by atoms with Gasteiger partial charge in [0.05, 0.1) is 0 Å². The molecule has 2 rings (SSSR count). The van der Waals surface area contributed by atoms with Crippen LogP contribution in [0.25, 0.3) is 0 Å². The van der Waals surface area contributed by atoms with Crippen molar-refractivity contribution in [2.24, 2.45) is 5.92 Å². The summed E-state index contributed by atoms with van der Waals surface area (Å²) in [5.74, 6) is 0.602. The Labute approximate surface area is 110 Å². The van der Waals surface area contributed by atoms with Crippen molar-refractivity contribution in [1.29, 1.82) is 0 Å². The summed E-state index contributed by atoms with van der Waals surface area (Å²) in [7, 11) is -1.51. The molecule has 0 aromatic heterocycles. The van der Waals surface area contributed by atoms with E-state index in [1.807, 2.05) is 0 Å². The van der Waals surface area contributed by atoms with Crippen LogP contribution in [0.5, 0.6) is 0 Å². The fourth-order valence-electron chi connectivity index (χ4n) is 2.01. The molecular weight excluding hydrogens is 262 g/mol. The Morgan fingerprint density at radius 3 is 2.65 bits per heavy atom. The molecule has 1 saturated carbocycles. The van der Waals surface area contributed by atoms with Gasteiger partial charge in [-0.3, -0.25) is 0 Å². The van der Waals surface area contributed by atoms with Crippen LogP contribution in [0.2, 0.25) is 0 Å². The predicted molar refractivity (Wildman–Crippen MR) is 70.6 cm³/mol. The summed E-state index contributed by atoms with van der Waals surface area (Å²) in [5, 5.41) is 3.22. The third-order valence-corrected chi connectivity index (χ3v) is 5.19. The van der Waals surface area contributed by atoms with Crippen molar-refractivity contribution in [3.8, 4) is 0 Å². The Kier molecular flexibility index (Phi) is 5.66. The van der Waals surface area contributed by atoms with Gasteiger partial charge >= 0.3 is 0 Å². The average Bonchev–Trinajstić information content (AvgIpc) is 3.02. The van der Waals surface area contributed by atoms with E-state index in [0.29, 0.717) is 25.6 Å². The molecule has 1 N–H and O–H groups in total. The van der Waals surface area contributed by atoms with Crippen molar-refractivity contribution in [2.45, 2.75) is 19.3 Å². The average molecular weight is 284 g/mol. The molecule has 0 aromatic rings. The highest BCUT2D eigenvalue weighted by atomic mass is 35.5. The van der Waals surface area contributed by atoms with Crippen LogP contribution in [-0.4, -0.2) is 56.8 Å². The van der Waals surface area contributed by atoms with Gasteiger partial charge in [-0.2, -0.15) is 17.0 Å². The Balaban J connectivity index is 0.00000144. The van der Waals surface area contributed by atoms with E-state index in [0.717, 1.165) is 19.5 Å². The van der Waals surface area contributed by atoms with Crippen molar-refractivity contribution < 1.29 is 8.42 Å². The Bertz CT molecular complexity index is 324. The maximum absolute atomic E-state index is 12.2. The minimum atomic E-state index is -3.21. The second kappa shape index (κ2) is 6.33. The van der Waals surface area contributed by atoms with E-state index in [1.54, 1.807) is 11.4 Å². The molecule has 2 aliphatic rings. The van der Waals surface area contributed by atoms with Crippen molar-refractivity contribution in [2.75, 3.05) is 39.8 Å². The largest absolute Gasteiger partial charge is 0.315 e. The molecule has 5 nitrogen and oxygen atoms in total. The van der Waals surface area contributed by atoms with Gasteiger partial charge in [0.1, 0.15) is 0 Å². The van der Waals surface area contributed by atoms with Crippen LogP contribution < -0.4 is 5.32 Å². The van der Waals surface area contributed by atoms with Crippen LogP contribution in [-0.2, 0) is 10.2 Å². The fraction of sp³-hybridized carbons (Fsp3) is 1.00. The maximum Gasteiger partial charge on any atom is 0.281 e. The SMILES string of the molecule is CN(CC1CC1)S(=O)(=O)N1CCCNCC1.Cl. The molecule has 1 saturated heterocycles. The number of nitrogens with one attached hydrogen (secondary N) is 1. The van der Waals surface area contributed by atoms with E-state index >= 15 is 0 Å². The monoisotopic (exact) mass is 283 g/mol. The summed E-state index contributed by atoms with van der Waals surface area (Å²) in [6, 6.07) is 0. The van der Waals surface area contributed by atoms with Crippen LogP contribution in [0.4, 0.5) is 0 Å². The molecule has 0 amide bonds. The number of hydrogen-bond acceptors (Lipinski definition) is 3. The summed E-state index contributed by atoms with van der Waals surface area (Å²) in [6.45, 7) is 3.60. The number of hydrogen-bond donors (Lipinski definition) is 1. The van der Waals surface area contributed by atoms with Gasteiger partial charge in [-0.15, -0.1) is 12.4 Å². The molecule has 2 fully saturated rings. The lowest BCUT2D eigenvalue weighted by atomic mass is 10.4.